The van der Waals surface area contributed by atoms with Gasteiger partial charge in [0.15, 0.2) is 11.5 Å². The number of benzene rings is 1. The van der Waals surface area contributed by atoms with Crippen LogP contribution in [0.1, 0.15) is 38.7 Å². The Morgan fingerprint density at radius 3 is 2.52 bits per heavy atom. The summed E-state index contributed by atoms with van der Waals surface area (Å²) < 4.78 is 16.4. The van der Waals surface area contributed by atoms with Gasteiger partial charge >= 0.3 is 0 Å². The van der Waals surface area contributed by atoms with Crippen LogP contribution in [-0.2, 0) is 16.0 Å². The van der Waals surface area contributed by atoms with E-state index in [0.29, 0.717) is 37.1 Å². The van der Waals surface area contributed by atoms with Crippen LogP contribution < -0.4 is 15.2 Å². The monoisotopic (exact) mass is 488 g/mol. The Morgan fingerprint density at radius 1 is 1.21 bits per heavy atom. The van der Waals surface area contributed by atoms with E-state index >= 15 is 0 Å². The Kier molecular flexibility index (Phi) is 13.1. The van der Waals surface area contributed by atoms with Gasteiger partial charge in [-0.05, 0) is 42.4 Å². The molecule has 0 aliphatic carbocycles. The zero-order chi connectivity index (χ0) is 23.7. The molecule has 9 heteroatoms. The minimum Gasteiger partial charge on any atom is -0.493 e. The molecule has 1 heterocycles. The fourth-order valence-corrected chi connectivity index (χ4v) is 4.04. The Labute approximate surface area is 203 Å². The van der Waals surface area contributed by atoms with Crippen LogP contribution in [0.15, 0.2) is 18.2 Å². The lowest BCUT2D eigenvalue weighted by Gasteiger charge is -2.29. The number of halogens is 1. The van der Waals surface area contributed by atoms with Gasteiger partial charge in [-0.2, -0.15) is 0 Å². The lowest BCUT2D eigenvalue weighted by Crippen LogP contribution is -2.45. The van der Waals surface area contributed by atoms with Gasteiger partial charge in [-0.1, -0.05) is 19.9 Å². The fraction of sp³-hybridized carbons (Fsp3) is 0.708. The second-order valence-corrected chi connectivity index (χ2v) is 9.01. The molecular weight excluding hydrogens is 448 g/mol. The van der Waals surface area contributed by atoms with Crippen LogP contribution in [0.25, 0.3) is 0 Å². The summed E-state index contributed by atoms with van der Waals surface area (Å²) >= 11 is 0. The maximum atomic E-state index is 11.9. The highest BCUT2D eigenvalue weighted by molar-refractivity contribution is 5.85. The van der Waals surface area contributed by atoms with Crippen molar-refractivity contribution in [2.75, 3.05) is 40.5 Å². The Morgan fingerprint density at radius 2 is 1.94 bits per heavy atom. The summed E-state index contributed by atoms with van der Waals surface area (Å²) in [5, 5.41) is 20.2. The van der Waals surface area contributed by atoms with E-state index in [4.69, 9.17) is 19.9 Å². The van der Waals surface area contributed by atoms with E-state index in [-0.39, 0.29) is 43.7 Å². The first-order valence-corrected chi connectivity index (χ1v) is 11.4. The smallest absolute Gasteiger partial charge is 0.225 e. The van der Waals surface area contributed by atoms with Crippen molar-refractivity contribution in [3.8, 4) is 11.5 Å². The zero-order valence-electron chi connectivity index (χ0n) is 20.2. The number of β-amino-alcohol motifs (C(OH)–C–C–N with tert-alkyl or cyclic N) is 2. The van der Waals surface area contributed by atoms with Gasteiger partial charge < -0.3 is 35.1 Å². The normalized spacial score (nSPS) is 18.7. The maximum Gasteiger partial charge on any atom is 0.225 e. The minimum atomic E-state index is -0.832. The van der Waals surface area contributed by atoms with Crippen LogP contribution in [-0.4, -0.2) is 79.8 Å². The SMILES string of the molecule is COCCCOc1cc(CC(CC(N)C(O)CN2CC(O)CC2=O)C(C)C)ccc1OC.Cl. The van der Waals surface area contributed by atoms with Crippen molar-refractivity contribution < 1.29 is 29.2 Å². The van der Waals surface area contributed by atoms with E-state index in [0.717, 1.165) is 18.4 Å². The molecule has 1 aromatic carbocycles. The molecule has 0 spiro atoms. The molecule has 0 bridgehead atoms. The Hall–Kier alpha value is -1.58. The quantitative estimate of drug-likeness (QED) is 0.343. The van der Waals surface area contributed by atoms with Crippen LogP contribution in [0.3, 0.4) is 0 Å². The van der Waals surface area contributed by atoms with Gasteiger partial charge in [0.2, 0.25) is 5.91 Å². The van der Waals surface area contributed by atoms with Crippen molar-refractivity contribution in [2.24, 2.45) is 17.6 Å². The van der Waals surface area contributed by atoms with E-state index in [1.165, 1.54) is 4.90 Å². The molecule has 0 saturated carbocycles. The van der Waals surface area contributed by atoms with Crippen LogP contribution in [0.2, 0.25) is 0 Å². The number of carbonyl (C=O) groups excluding carboxylic acids is 1. The first-order valence-electron chi connectivity index (χ1n) is 11.4. The Bertz CT molecular complexity index is 720. The summed E-state index contributed by atoms with van der Waals surface area (Å²) in [4.78, 5) is 13.4. The van der Waals surface area contributed by atoms with E-state index in [1.54, 1.807) is 14.2 Å². The van der Waals surface area contributed by atoms with Crippen molar-refractivity contribution in [2.45, 2.75) is 57.8 Å². The number of nitrogens with zero attached hydrogens (tertiary/aromatic N) is 1. The fourth-order valence-electron chi connectivity index (χ4n) is 4.04. The number of hydrogen-bond donors (Lipinski definition) is 3. The highest BCUT2D eigenvalue weighted by Crippen LogP contribution is 2.31. The van der Waals surface area contributed by atoms with E-state index < -0.39 is 18.2 Å². The van der Waals surface area contributed by atoms with Crippen LogP contribution in [0, 0.1) is 11.8 Å². The maximum absolute atomic E-state index is 11.9. The van der Waals surface area contributed by atoms with Crippen molar-refractivity contribution >= 4 is 18.3 Å². The number of nitrogens with two attached hydrogens (primary N) is 1. The van der Waals surface area contributed by atoms with Crippen molar-refractivity contribution in [1.29, 1.82) is 0 Å². The summed E-state index contributed by atoms with van der Waals surface area (Å²) in [7, 11) is 3.29. The minimum absolute atomic E-state index is 0. The molecule has 33 heavy (non-hydrogen) atoms. The Balaban J connectivity index is 0.00000544. The molecule has 1 aliphatic heterocycles. The molecule has 2 rings (SSSR count). The molecule has 4 unspecified atom stereocenters. The van der Waals surface area contributed by atoms with Gasteiger partial charge in [0.05, 0.1) is 32.3 Å². The van der Waals surface area contributed by atoms with E-state index in [2.05, 4.69) is 13.8 Å². The summed E-state index contributed by atoms with van der Waals surface area (Å²) in [5.41, 5.74) is 7.45. The molecule has 8 nitrogen and oxygen atoms in total. The lowest BCUT2D eigenvalue weighted by molar-refractivity contribution is -0.129. The summed E-state index contributed by atoms with van der Waals surface area (Å²) in [6.45, 7) is 5.90. The molecule has 4 N–H and O–H groups in total. The van der Waals surface area contributed by atoms with Crippen molar-refractivity contribution in [3.63, 3.8) is 0 Å². The number of carbonyl (C=O) groups is 1. The highest BCUT2D eigenvalue weighted by atomic mass is 35.5. The molecule has 0 aromatic heterocycles. The van der Waals surface area contributed by atoms with Gasteiger partial charge in [0, 0.05) is 39.3 Å². The third-order valence-corrected chi connectivity index (χ3v) is 6.09. The molecule has 0 radical (unpaired) electrons. The van der Waals surface area contributed by atoms with Gasteiger partial charge in [0.1, 0.15) is 0 Å². The number of aliphatic hydroxyl groups excluding tert-OH is 2. The lowest BCUT2D eigenvalue weighted by atomic mass is 9.83. The third-order valence-electron chi connectivity index (χ3n) is 6.09. The predicted molar refractivity (Wildman–Crippen MR) is 130 cm³/mol. The second-order valence-electron chi connectivity index (χ2n) is 9.01. The average Bonchev–Trinajstić information content (AvgIpc) is 3.07. The molecular formula is C24H41ClN2O6. The van der Waals surface area contributed by atoms with Crippen LogP contribution in [0.4, 0.5) is 0 Å². The summed E-state index contributed by atoms with van der Waals surface area (Å²) in [5.74, 6) is 1.86. The first kappa shape index (κ1) is 29.5. The molecule has 1 amide bonds. The van der Waals surface area contributed by atoms with Crippen molar-refractivity contribution in [1.82, 2.24) is 4.90 Å². The van der Waals surface area contributed by atoms with Gasteiger partial charge in [-0.15, -0.1) is 12.4 Å². The number of amides is 1. The largest absolute Gasteiger partial charge is 0.493 e. The number of aliphatic hydroxyl groups is 2. The zero-order valence-corrected chi connectivity index (χ0v) is 21.1. The second kappa shape index (κ2) is 14.6. The number of likely N-dealkylation sites (tertiary alicyclic amines) is 1. The number of hydrogen-bond acceptors (Lipinski definition) is 7. The molecule has 1 fully saturated rings. The summed E-state index contributed by atoms with van der Waals surface area (Å²) in [6.07, 6.45) is 0.833. The predicted octanol–water partition coefficient (Wildman–Crippen LogP) is 2.02. The van der Waals surface area contributed by atoms with Gasteiger partial charge in [-0.25, -0.2) is 0 Å². The molecule has 1 aromatic rings. The standard InChI is InChI=1S/C24H40N2O6.ClH/c1-16(2)18(12-20(25)21(28)15-26-14-19(27)13-24(26)29)10-17-6-7-22(31-4)23(11-17)32-9-5-8-30-3;/h6-7,11,16,18-21,27-28H,5,8-10,12-15,25H2,1-4H3;1H. The number of rotatable bonds is 14. The number of methoxy groups -OCH3 is 2. The molecule has 1 saturated heterocycles. The topological polar surface area (TPSA) is 114 Å². The van der Waals surface area contributed by atoms with E-state index in [9.17, 15) is 15.0 Å². The van der Waals surface area contributed by atoms with Crippen LogP contribution in [0.5, 0.6) is 11.5 Å². The molecule has 1 aliphatic rings. The highest BCUT2D eigenvalue weighted by Gasteiger charge is 2.31. The molecule has 190 valence electrons. The van der Waals surface area contributed by atoms with Gasteiger partial charge in [0.25, 0.3) is 0 Å². The van der Waals surface area contributed by atoms with Gasteiger partial charge in [-0.3, -0.25) is 4.79 Å². The van der Waals surface area contributed by atoms with Crippen molar-refractivity contribution in [3.05, 3.63) is 23.8 Å². The molecule has 4 atom stereocenters. The first-order chi connectivity index (χ1) is 15.2. The third kappa shape index (κ3) is 9.29. The van der Waals surface area contributed by atoms with E-state index in [1.807, 2.05) is 18.2 Å². The number of ether oxygens (including phenoxy) is 3. The average molecular weight is 489 g/mol. The summed E-state index contributed by atoms with van der Waals surface area (Å²) in [6, 6.07) is 5.49. The van der Waals surface area contributed by atoms with Crippen LogP contribution >= 0.6 is 12.4 Å².